The van der Waals surface area contributed by atoms with Crippen LogP contribution in [-0.2, 0) is 9.59 Å². The number of carbonyl (C=O) groups excluding carboxylic acids is 1. The number of amides is 1. The SMILES string of the molecule is CCCCCNCCCCCCCCC(=O)N(O)CCC(=O)O. The van der Waals surface area contributed by atoms with Crippen LogP contribution in [0.2, 0.25) is 0 Å². The molecule has 0 bridgehead atoms. The summed E-state index contributed by atoms with van der Waals surface area (Å²) in [5.74, 6) is -1.40. The van der Waals surface area contributed by atoms with Crippen LogP contribution in [0.4, 0.5) is 0 Å². The second kappa shape index (κ2) is 15.7. The zero-order chi connectivity index (χ0) is 17.3. The standard InChI is InChI=1S/C17H34N2O4/c1-2-3-9-13-18-14-10-7-5-4-6-8-11-16(20)19(23)15-12-17(21)22/h18,23H,2-15H2,1H3,(H,21,22). The topological polar surface area (TPSA) is 89.9 Å². The number of hydrogen-bond acceptors (Lipinski definition) is 4. The monoisotopic (exact) mass is 330 g/mol. The van der Waals surface area contributed by atoms with Gasteiger partial charge in [-0.2, -0.15) is 0 Å². The molecule has 0 aliphatic rings. The van der Waals surface area contributed by atoms with Gasteiger partial charge in [0.2, 0.25) is 5.91 Å². The van der Waals surface area contributed by atoms with Crippen molar-refractivity contribution < 1.29 is 19.9 Å². The van der Waals surface area contributed by atoms with E-state index < -0.39 is 5.97 Å². The quantitative estimate of drug-likeness (QED) is 0.230. The fraction of sp³-hybridized carbons (Fsp3) is 0.882. The number of hydroxylamine groups is 2. The van der Waals surface area contributed by atoms with Crippen molar-refractivity contribution >= 4 is 11.9 Å². The van der Waals surface area contributed by atoms with E-state index in [2.05, 4.69) is 12.2 Å². The summed E-state index contributed by atoms with van der Waals surface area (Å²) in [7, 11) is 0. The minimum atomic E-state index is -1.02. The number of aliphatic carboxylic acids is 1. The molecule has 23 heavy (non-hydrogen) atoms. The number of carbonyl (C=O) groups is 2. The van der Waals surface area contributed by atoms with Gasteiger partial charge in [0.15, 0.2) is 0 Å². The summed E-state index contributed by atoms with van der Waals surface area (Å²) in [6.07, 6.45) is 10.3. The molecule has 0 aromatic rings. The van der Waals surface area contributed by atoms with Crippen LogP contribution < -0.4 is 5.32 Å². The van der Waals surface area contributed by atoms with Crippen molar-refractivity contribution in [2.45, 2.75) is 77.6 Å². The predicted molar refractivity (Wildman–Crippen MR) is 90.5 cm³/mol. The molecule has 0 aromatic carbocycles. The number of nitrogens with one attached hydrogen (secondary N) is 1. The molecular weight excluding hydrogens is 296 g/mol. The number of unbranched alkanes of at least 4 members (excludes halogenated alkanes) is 7. The molecule has 0 radical (unpaired) electrons. The normalized spacial score (nSPS) is 10.7. The molecule has 0 heterocycles. The largest absolute Gasteiger partial charge is 0.481 e. The highest BCUT2D eigenvalue weighted by Gasteiger charge is 2.11. The van der Waals surface area contributed by atoms with Gasteiger partial charge in [-0.3, -0.25) is 14.8 Å². The number of carboxylic acids is 1. The van der Waals surface area contributed by atoms with Gasteiger partial charge in [-0.1, -0.05) is 45.4 Å². The Morgan fingerprint density at radius 1 is 0.870 bits per heavy atom. The fourth-order valence-electron chi connectivity index (χ4n) is 2.31. The van der Waals surface area contributed by atoms with Gasteiger partial charge in [0, 0.05) is 6.42 Å². The lowest BCUT2D eigenvalue weighted by atomic mass is 10.1. The molecular formula is C17H34N2O4. The molecule has 136 valence electrons. The summed E-state index contributed by atoms with van der Waals surface area (Å²) in [5.41, 5.74) is 0. The number of nitrogens with zero attached hydrogens (tertiary/aromatic N) is 1. The average molecular weight is 330 g/mol. The maximum Gasteiger partial charge on any atom is 0.305 e. The van der Waals surface area contributed by atoms with Crippen molar-refractivity contribution in [3.63, 3.8) is 0 Å². The molecule has 6 heteroatoms. The highest BCUT2D eigenvalue weighted by Crippen LogP contribution is 2.08. The van der Waals surface area contributed by atoms with Crippen LogP contribution in [0.25, 0.3) is 0 Å². The minimum absolute atomic E-state index is 0.139. The fourth-order valence-corrected chi connectivity index (χ4v) is 2.31. The van der Waals surface area contributed by atoms with Crippen molar-refractivity contribution in [2.75, 3.05) is 19.6 Å². The van der Waals surface area contributed by atoms with E-state index in [1.165, 1.54) is 38.5 Å². The van der Waals surface area contributed by atoms with E-state index in [1.54, 1.807) is 0 Å². The second-order valence-corrected chi connectivity index (χ2v) is 5.99. The second-order valence-electron chi connectivity index (χ2n) is 5.99. The number of hydrogen-bond donors (Lipinski definition) is 3. The number of rotatable bonds is 16. The first-order valence-electron chi connectivity index (χ1n) is 8.99. The zero-order valence-corrected chi connectivity index (χ0v) is 14.6. The van der Waals surface area contributed by atoms with Crippen LogP contribution in [-0.4, -0.2) is 46.9 Å². The van der Waals surface area contributed by atoms with E-state index in [9.17, 15) is 14.8 Å². The third-order valence-corrected chi connectivity index (χ3v) is 3.78. The third-order valence-electron chi connectivity index (χ3n) is 3.78. The van der Waals surface area contributed by atoms with Crippen LogP contribution in [0.15, 0.2) is 0 Å². The molecule has 0 fully saturated rings. The Bertz CT molecular complexity index is 311. The molecule has 0 aliphatic carbocycles. The lowest BCUT2D eigenvalue weighted by molar-refractivity contribution is -0.167. The van der Waals surface area contributed by atoms with Crippen LogP contribution >= 0.6 is 0 Å². The van der Waals surface area contributed by atoms with Crippen molar-refractivity contribution in [1.82, 2.24) is 10.4 Å². The Labute approximate surface area is 140 Å². The molecule has 0 aromatic heterocycles. The Kier molecular flexibility index (Phi) is 15.0. The first-order chi connectivity index (χ1) is 11.1. The summed E-state index contributed by atoms with van der Waals surface area (Å²) in [4.78, 5) is 21.9. The van der Waals surface area contributed by atoms with Crippen molar-refractivity contribution in [3.8, 4) is 0 Å². The van der Waals surface area contributed by atoms with E-state index in [4.69, 9.17) is 5.11 Å². The maximum absolute atomic E-state index is 11.5. The Morgan fingerprint density at radius 2 is 1.43 bits per heavy atom. The summed E-state index contributed by atoms with van der Waals surface area (Å²) >= 11 is 0. The van der Waals surface area contributed by atoms with Crippen LogP contribution in [0, 0.1) is 0 Å². The molecule has 0 unspecified atom stereocenters. The summed E-state index contributed by atoms with van der Waals surface area (Å²) < 4.78 is 0. The maximum atomic E-state index is 11.5. The van der Waals surface area contributed by atoms with Crippen LogP contribution in [0.1, 0.15) is 77.6 Å². The Morgan fingerprint density at radius 3 is 2.04 bits per heavy atom. The molecule has 0 spiro atoms. The molecule has 0 aliphatic heterocycles. The minimum Gasteiger partial charge on any atom is -0.481 e. The Hall–Kier alpha value is -1.14. The molecule has 0 saturated carbocycles. The first-order valence-corrected chi connectivity index (χ1v) is 8.99. The molecule has 6 nitrogen and oxygen atoms in total. The highest BCUT2D eigenvalue weighted by atomic mass is 16.5. The van der Waals surface area contributed by atoms with Crippen molar-refractivity contribution in [2.24, 2.45) is 0 Å². The van der Waals surface area contributed by atoms with Crippen molar-refractivity contribution in [3.05, 3.63) is 0 Å². The summed E-state index contributed by atoms with van der Waals surface area (Å²) in [6, 6.07) is 0. The third kappa shape index (κ3) is 15.5. The van der Waals surface area contributed by atoms with Crippen LogP contribution in [0.5, 0.6) is 0 Å². The number of carboxylic acid groups (broad SMARTS) is 1. The van der Waals surface area contributed by atoms with Crippen molar-refractivity contribution in [1.29, 1.82) is 0 Å². The first kappa shape index (κ1) is 21.9. The van der Waals surface area contributed by atoms with Gasteiger partial charge >= 0.3 is 5.97 Å². The van der Waals surface area contributed by atoms with E-state index >= 15 is 0 Å². The van der Waals surface area contributed by atoms with E-state index in [1.807, 2.05) is 0 Å². The van der Waals surface area contributed by atoms with Gasteiger partial charge in [0.25, 0.3) is 0 Å². The zero-order valence-electron chi connectivity index (χ0n) is 14.6. The van der Waals surface area contributed by atoms with E-state index in [0.29, 0.717) is 5.06 Å². The molecule has 1 amide bonds. The Balaban J connectivity index is 3.29. The lowest BCUT2D eigenvalue weighted by Gasteiger charge is -2.13. The molecule has 0 rings (SSSR count). The van der Waals surface area contributed by atoms with Gasteiger partial charge in [0.05, 0.1) is 13.0 Å². The van der Waals surface area contributed by atoms with E-state index in [-0.39, 0.29) is 25.3 Å². The average Bonchev–Trinajstić information content (AvgIpc) is 2.53. The van der Waals surface area contributed by atoms with Gasteiger partial charge in [-0.15, -0.1) is 0 Å². The van der Waals surface area contributed by atoms with Gasteiger partial charge in [0.1, 0.15) is 0 Å². The molecule has 0 atom stereocenters. The summed E-state index contributed by atoms with van der Waals surface area (Å²) in [5, 5.41) is 21.8. The van der Waals surface area contributed by atoms with Gasteiger partial charge in [-0.05, 0) is 32.4 Å². The summed E-state index contributed by atoms with van der Waals surface area (Å²) in [6.45, 7) is 4.28. The predicted octanol–water partition coefficient (Wildman–Crippen LogP) is 3.19. The lowest BCUT2D eigenvalue weighted by Crippen LogP contribution is -2.29. The molecule has 0 saturated heterocycles. The van der Waals surface area contributed by atoms with Gasteiger partial charge < -0.3 is 10.4 Å². The smallest absolute Gasteiger partial charge is 0.305 e. The van der Waals surface area contributed by atoms with E-state index in [0.717, 1.165) is 32.4 Å². The molecule has 3 N–H and O–H groups in total. The van der Waals surface area contributed by atoms with Crippen LogP contribution in [0.3, 0.4) is 0 Å². The highest BCUT2D eigenvalue weighted by molar-refractivity contribution is 5.75. The van der Waals surface area contributed by atoms with Gasteiger partial charge in [-0.25, -0.2) is 5.06 Å².